The summed E-state index contributed by atoms with van der Waals surface area (Å²) in [6, 6.07) is 1.30. The van der Waals surface area contributed by atoms with Gasteiger partial charge in [-0.3, -0.25) is 33.6 Å². The van der Waals surface area contributed by atoms with E-state index in [9.17, 15) is 38.7 Å². The molecule has 4 rings (SSSR count). The first-order valence-corrected chi connectivity index (χ1v) is 16.7. The molecule has 6 N–H and O–H groups in total. The molecule has 266 valence electrons. The third-order valence-corrected chi connectivity index (χ3v) is 8.94. The van der Waals surface area contributed by atoms with Gasteiger partial charge < -0.3 is 41.2 Å². The zero-order valence-corrected chi connectivity index (χ0v) is 28.6. The normalized spacial score (nSPS) is 24.1. The van der Waals surface area contributed by atoms with Crippen molar-refractivity contribution in [2.24, 2.45) is 11.8 Å². The van der Waals surface area contributed by atoms with Crippen LogP contribution >= 0.6 is 0 Å². The number of nitrogens with zero attached hydrogens (tertiary/aromatic N) is 2. The zero-order chi connectivity index (χ0) is 36.0. The topological polar surface area (TPSA) is 208 Å². The number of carboxylic acids is 1. The summed E-state index contributed by atoms with van der Waals surface area (Å²) in [5.41, 5.74) is 1.32. The van der Waals surface area contributed by atoms with Crippen molar-refractivity contribution >= 4 is 52.3 Å². The van der Waals surface area contributed by atoms with Crippen LogP contribution in [0.5, 0.6) is 0 Å². The summed E-state index contributed by atoms with van der Waals surface area (Å²) < 4.78 is 1.72. The second-order valence-corrected chi connectivity index (χ2v) is 13.5. The molecule has 49 heavy (non-hydrogen) atoms. The van der Waals surface area contributed by atoms with E-state index in [1.54, 1.807) is 30.7 Å². The fraction of sp³-hybridized carbons (Fsp3) is 0.559. The van der Waals surface area contributed by atoms with Gasteiger partial charge in [0.15, 0.2) is 0 Å². The third kappa shape index (κ3) is 8.95. The Morgan fingerprint density at radius 2 is 1.55 bits per heavy atom. The van der Waals surface area contributed by atoms with E-state index in [2.05, 4.69) is 26.6 Å². The van der Waals surface area contributed by atoms with Gasteiger partial charge in [0, 0.05) is 37.1 Å². The quantitative estimate of drug-likeness (QED) is 0.213. The summed E-state index contributed by atoms with van der Waals surface area (Å²) in [4.78, 5) is 94.5. The Balaban J connectivity index is 1.80. The SMILES string of the molecule is CNC(=O)Cn1cc(C[C@H]2NC(=O)[C@H](CC(C)C)NC(=O)[C@@H](C(C)C)NC(=O)[C@@H]3CCCN3C(=O)[C@@H](CC(=O)O)NC2=O)c2ccccc21. The average molecular weight is 682 g/mol. The van der Waals surface area contributed by atoms with E-state index in [1.807, 2.05) is 32.0 Å². The molecule has 0 radical (unpaired) electrons. The van der Waals surface area contributed by atoms with Crippen LogP contribution in [0.15, 0.2) is 30.5 Å². The highest BCUT2D eigenvalue weighted by Crippen LogP contribution is 2.24. The number of para-hydroxylation sites is 1. The van der Waals surface area contributed by atoms with E-state index in [4.69, 9.17) is 0 Å². The van der Waals surface area contributed by atoms with Gasteiger partial charge >= 0.3 is 5.97 Å². The van der Waals surface area contributed by atoms with E-state index in [0.717, 1.165) is 5.39 Å². The molecule has 2 aromatic rings. The second-order valence-electron chi connectivity index (χ2n) is 13.5. The lowest BCUT2D eigenvalue weighted by Crippen LogP contribution is -2.59. The molecule has 6 amide bonds. The summed E-state index contributed by atoms with van der Waals surface area (Å²) in [7, 11) is 1.52. The Morgan fingerprint density at radius 1 is 0.898 bits per heavy atom. The Kier molecular flexibility index (Phi) is 12.0. The van der Waals surface area contributed by atoms with Crippen LogP contribution in [-0.4, -0.2) is 99.8 Å². The first kappa shape index (κ1) is 36.9. The Morgan fingerprint density at radius 3 is 2.20 bits per heavy atom. The number of nitrogens with one attached hydrogen (secondary N) is 5. The molecule has 15 heteroatoms. The molecule has 5 atom stereocenters. The van der Waals surface area contributed by atoms with Gasteiger partial charge in [0.2, 0.25) is 35.4 Å². The number of likely N-dealkylation sites (N-methyl/N-ethyl adjacent to an activating group) is 1. The highest BCUT2D eigenvalue weighted by atomic mass is 16.4. The predicted octanol–water partition coefficient (Wildman–Crippen LogP) is 0.0504. The molecule has 1 aromatic heterocycles. The van der Waals surface area contributed by atoms with Gasteiger partial charge in [-0.15, -0.1) is 0 Å². The van der Waals surface area contributed by atoms with E-state index in [1.165, 1.54) is 11.9 Å². The van der Waals surface area contributed by atoms with Gasteiger partial charge in [-0.25, -0.2) is 0 Å². The van der Waals surface area contributed by atoms with Crippen molar-refractivity contribution in [1.29, 1.82) is 0 Å². The summed E-state index contributed by atoms with van der Waals surface area (Å²) in [5, 5.41) is 23.9. The lowest BCUT2D eigenvalue weighted by atomic mass is 9.98. The molecule has 1 aromatic carbocycles. The Hall–Kier alpha value is -4.95. The van der Waals surface area contributed by atoms with Crippen molar-refractivity contribution in [3.63, 3.8) is 0 Å². The molecule has 2 saturated heterocycles. The van der Waals surface area contributed by atoms with Crippen LogP contribution in [0.1, 0.15) is 58.9 Å². The first-order chi connectivity index (χ1) is 23.2. The molecule has 0 spiro atoms. The lowest BCUT2D eigenvalue weighted by molar-refractivity contribution is -0.146. The molecule has 2 fully saturated rings. The minimum atomic E-state index is -1.54. The van der Waals surface area contributed by atoms with Crippen molar-refractivity contribution in [2.75, 3.05) is 13.6 Å². The van der Waals surface area contributed by atoms with E-state index in [0.29, 0.717) is 17.5 Å². The average Bonchev–Trinajstić information content (AvgIpc) is 3.66. The largest absolute Gasteiger partial charge is 0.481 e. The Labute approximate surface area is 284 Å². The van der Waals surface area contributed by atoms with Gasteiger partial charge in [0.05, 0.1) is 6.42 Å². The number of aliphatic carboxylic acids is 1. The van der Waals surface area contributed by atoms with E-state index in [-0.39, 0.29) is 50.1 Å². The zero-order valence-electron chi connectivity index (χ0n) is 28.6. The summed E-state index contributed by atoms with van der Waals surface area (Å²) in [6.07, 6.45) is 1.83. The van der Waals surface area contributed by atoms with E-state index >= 15 is 0 Å². The van der Waals surface area contributed by atoms with Gasteiger partial charge in [-0.05, 0) is 42.7 Å². The maximum absolute atomic E-state index is 14.1. The fourth-order valence-corrected chi connectivity index (χ4v) is 6.45. The third-order valence-electron chi connectivity index (χ3n) is 8.94. The molecule has 2 aliphatic rings. The monoisotopic (exact) mass is 681 g/mol. The van der Waals surface area contributed by atoms with Crippen molar-refractivity contribution in [3.8, 4) is 0 Å². The number of rotatable bonds is 9. The molecule has 2 aliphatic heterocycles. The number of hydrogen-bond acceptors (Lipinski definition) is 7. The number of benzene rings is 1. The van der Waals surface area contributed by atoms with E-state index < -0.39 is 72.1 Å². The predicted molar refractivity (Wildman–Crippen MR) is 179 cm³/mol. The van der Waals surface area contributed by atoms with Crippen LogP contribution in [0, 0.1) is 11.8 Å². The van der Waals surface area contributed by atoms with Gasteiger partial charge in [0.1, 0.15) is 36.8 Å². The van der Waals surface area contributed by atoms with Crippen LogP contribution in [-0.2, 0) is 46.5 Å². The van der Waals surface area contributed by atoms with Crippen molar-refractivity contribution < 1.29 is 38.7 Å². The molecule has 3 heterocycles. The van der Waals surface area contributed by atoms with Crippen LogP contribution in [0.4, 0.5) is 0 Å². The molecule has 0 unspecified atom stereocenters. The van der Waals surface area contributed by atoms with Crippen molar-refractivity contribution in [3.05, 3.63) is 36.0 Å². The molecular formula is C34H47N7O8. The van der Waals surface area contributed by atoms with Crippen LogP contribution in [0.2, 0.25) is 0 Å². The lowest BCUT2D eigenvalue weighted by Gasteiger charge is -2.30. The van der Waals surface area contributed by atoms with Crippen molar-refractivity contribution in [2.45, 2.75) is 96.6 Å². The second kappa shape index (κ2) is 16.0. The maximum atomic E-state index is 14.1. The van der Waals surface area contributed by atoms with Crippen LogP contribution < -0.4 is 26.6 Å². The van der Waals surface area contributed by atoms with Gasteiger partial charge in [0.25, 0.3) is 0 Å². The Bertz CT molecular complexity index is 1600. The highest BCUT2D eigenvalue weighted by molar-refractivity contribution is 5.99. The smallest absolute Gasteiger partial charge is 0.305 e. The summed E-state index contributed by atoms with van der Waals surface area (Å²) in [6.45, 7) is 7.39. The molecule has 15 nitrogen and oxygen atoms in total. The minimum Gasteiger partial charge on any atom is -0.481 e. The molecule has 0 aliphatic carbocycles. The van der Waals surface area contributed by atoms with Crippen LogP contribution in [0.25, 0.3) is 10.9 Å². The number of carbonyl (C=O) groups is 7. The molecule has 0 saturated carbocycles. The summed E-state index contributed by atoms with van der Waals surface area (Å²) >= 11 is 0. The standard InChI is InChI=1S/C34H47N7O8/c1-18(2)13-22-30(45)36-23(14-20-16-40(17-27(42)35-5)25-10-7-6-9-21(20)25)31(46)38-24(15-28(43)44)34(49)41-12-8-11-26(41)32(47)39-29(19(3)4)33(48)37-22/h6-7,9-10,16,18-19,22-24,26,29H,8,11-15,17H2,1-5H3,(H,35,42)(H,36,45)(H,37,48)(H,38,46)(H,39,47)(H,43,44)/t22-,23+,24+,26-,29+/m0/s1. The number of aromatic nitrogens is 1. The minimum absolute atomic E-state index is 0.00130. The number of carbonyl (C=O) groups excluding carboxylic acids is 6. The van der Waals surface area contributed by atoms with Crippen molar-refractivity contribution in [1.82, 2.24) is 36.1 Å². The van der Waals surface area contributed by atoms with Gasteiger partial charge in [-0.2, -0.15) is 0 Å². The maximum Gasteiger partial charge on any atom is 0.305 e. The highest BCUT2D eigenvalue weighted by Gasteiger charge is 2.41. The number of amides is 6. The molecule has 0 bridgehead atoms. The number of hydrogen-bond donors (Lipinski definition) is 6. The van der Waals surface area contributed by atoms with Gasteiger partial charge in [-0.1, -0.05) is 45.9 Å². The molecular weight excluding hydrogens is 634 g/mol. The number of fused-ring (bicyclic) bond motifs is 2. The number of carboxylic acid groups (broad SMARTS) is 1. The fourth-order valence-electron chi connectivity index (χ4n) is 6.45. The van der Waals surface area contributed by atoms with Crippen LogP contribution in [0.3, 0.4) is 0 Å². The summed E-state index contributed by atoms with van der Waals surface area (Å²) in [5.74, 6) is -5.42. The first-order valence-electron chi connectivity index (χ1n) is 16.7.